The molecule has 0 aromatic heterocycles. The summed E-state index contributed by atoms with van der Waals surface area (Å²) in [5, 5.41) is 9.58. The maximum Gasteiger partial charge on any atom is 0.163 e. The monoisotopic (exact) mass is 208 g/mol. The van der Waals surface area contributed by atoms with Crippen LogP contribution in [0.3, 0.4) is 0 Å². The van der Waals surface area contributed by atoms with Crippen LogP contribution in [0, 0.1) is 6.92 Å². The Labute approximate surface area is 89.7 Å². The second-order valence-electron chi connectivity index (χ2n) is 3.47. The molecule has 0 saturated heterocycles. The van der Waals surface area contributed by atoms with Crippen molar-refractivity contribution in [1.29, 1.82) is 0 Å². The van der Waals surface area contributed by atoms with Gasteiger partial charge in [0.25, 0.3) is 0 Å². The number of aryl methyl sites for hydroxylation is 1. The number of unbranched alkanes of at least 4 members (excludes halogenated alkanes) is 1. The maximum absolute atomic E-state index is 10.2. The Morgan fingerprint density at radius 1 is 1.47 bits per heavy atom. The van der Waals surface area contributed by atoms with E-state index in [0.717, 1.165) is 30.3 Å². The third-order valence-electron chi connectivity index (χ3n) is 2.43. The van der Waals surface area contributed by atoms with Crippen molar-refractivity contribution in [2.75, 3.05) is 7.11 Å². The minimum Gasteiger partial charge on any atom is -0.504 e. The van der Waals surface area contributed by atoms with Crippen LogP contribution in [0.1, 0.15) is 24.0 Å². The highest BCUT2D eigenvalue weighted by Gasteiger charge is 2.10. The molecular formula is C12H16O3. The standard InChI is InChI=1S/C12H16O3/c1-9-6-7-11(14)12(15-2)10(9)5-3-4-8-13/h6-8,14H,3-5H2,1-2H3. The predicted molar refractivity (Wildman–Crippen MR) is 58.4 cm³/mol. The largest absolute Gasteiger partial charge is 0.504 e. The molecule has 0 radical (unpaired) electrons. The summed E-state index contributed by atoms with van der Waals surface area (Å²) in [5.41, 5.74) is 2.06. The van der Waals surface area contributed by atoms with Gasteiger partial charge in [-0.25, -0.2) is 0 Å². The first-order valence-corrected chi connectivity index (χ1v) is 4.99. The normalized spacial score (nSPS) is 10.0. The number of phenols is 1. The number of phenolic OH excluding ortho intramolecular Hbond substituents is 1. The van der Waals surface area contributed by atoms with Gasteiger partial charge in [0.15, 0.2) is 11.5 Å². The van der Waals surface area contributed by atoms with Crippen molar-refractivity contribution >= 4 is 6.29 Å². The fourth-order valence-corrected chi connectivity index (χ4v) is 1.61. The van der Waals surface area contributed by atoms with Gasteiger partial charge in [-0.2, -0.15) is 0 Å². The highest BCUT2D eigenvalue weighted by atomic mass is 16.5. The summed E-state index contributed by atoms with van der Waals surface area (Å²) < 4.78 is 5.15. The van der Waals surface area contributed by atoms with Gasteiger partial charge in [0.2, 0.25) is 0 Å². The van der Waals surface area contributed by atoms with E-state index in [-0.39, 0.29) is 5.75 Å². The number of aldehydes is 1. The highest BCUT2D eigenvalue weighted by Crippen LogP contribution is 2.33. The van der Waals surface area contributed by atoms with Crippen LogP contribution in [0.15, 0.2) is 12.1 Å². The van der Waals surface area contributed by atoms with E-state index in [2.05, 4.69) is 0 Å². The number of ether oxygens (including phenoxy) is 1. The molecule has 0 fully saturated rings. The minimum absolute atomic E-state index is 0.157. The second-order valence-corrected chi connectivity index (χ2v) is 3.47. The third kappa shape index (κ3) is 2.72. The van der Waals surface area contributed by atoms with Crippen molar-refractivity contribution in [2.45, 2.75) is 26.2 Å². The van der Waals surface area contributed by atoms with Crippen molar-refractivity contribution in [2.24, 2.45) is 0 Å². The van der Waals surface area contributed by atoms with Gasteiger partial charge in [-0.3, -0.25) is 0 Å². The number of hydrogen-bond acceptors (Lipinski definition) is 3. The van der Waals surface area contributed by atoms with E-state index in [1.54, 1.807) is 6.07 Å². The molecule has 0 heterocycles. The van der Waals surface area contributed by atoms with Gasteiger partial charge < -0.3 is 14.6 Å². The summed E-state index contributed by atoms with van der Waals surface area (Å²) in [6.07, 6.45) is 2.98. The molecule has 1 aromatic rings. The second kappa shape index (κ2) is 5.39. The minimum atomic E-state index is 0.157. The average molecular weight is 208 g/mol. The molecule has 0 spiro atoms. The van der Waals surface area contributed by atoms with Crippen LogP contribution in [0.4, 0.5) is 0 Å². The zero-order valence-electron chi connectivity index (χ0n) is 9.12. The topological polar surface area (TPSA) is 46.5 Å². The van der Waals surface area contributed by atoms with Gasteiger partial charge in [-0.15, -0.1) is 0 Å². The lowest BCUT2D eigenvalue weighted by Crippen LogP contribution is -1.96. The molecule has 0 atom stereocenters. The Hall–Kier alpha value is -1.51. The van der Waals surface area contributed by atoms with Gasteiger partial charge in [0, 0.05) is 12.0 Å². The summed E-state index contributed by atoms with van der Waals surface area (Å²) in [6, 6.07) is 3.48. The molecule has 0 aliphatic rings. The summed E-state index contributed by atoms with van der Waals surface area (Å²) >= 11 is 0. The Balaban J connectivity index is 2.92. The molecular weight excluding hydrogens is 192 g/mol. The Morgan fingerprint density at radius 3 is 2.80 bits per heavy atom. The smallest absolute Gasteiger partial charge is 0.163 e. The van der Waals surface area contributed by atoms with E-state index in [9.17, 15) is 9.90 Å². The number of rotatable bonds is 5. The molecule has 1 N–H and O–H groups in total. The molecule has 0 saturated carbocycles. The lowest BCUT2D eigenvalue weighted by atomic mass is 10.0. The Kier molecular flexibility index (Phi) is 4.16. The van der Waals surface area contributed by atoms with Gasteiger partial charge in [0.1, 0.15) is 6.29 Å². The van der Waals surface area contributed by atoms with Crippen molar-refractivity contribution in [3.8, 4) is 11.5 Å². The van der Waals surface area contributed by atoms with Crippen molar-refractivity contribution < 1.29 is 14.6 Å². The molecule has 82 valence electrons. The summed E-state index contributed by atoms with van der Waals surface area (Å²) in [4.78, 5) is 10.2. The van der Waals surface area contributed by atoms with Crippen LogP contribution in [0.25, 0.3) is 0 Å². The van der Waals surface area contributed by atoms with Gasteiger partial charge in [-0.1, -0.05) is 6.07 Å². The van der Waals surface area contributed by atoms with E-state index in [4.69, 9.17) is 4.74 Å². The first kappa shape index (κ1) is 11.6. The van der Waals surface area contributed by atoms with E-state index in [0.29, 0.717) is 12.2 Å². The highest BCUT2D eigenvalue weighted by molar-refractivity contribution is 5.51. The lowest BCUT2D eigenvalue weighted by Gasteiger charge is -2.12. The first-order valence-electron chi connectivity index (χ1n) is 4.99. The molecule has 1 rings (SSSR count). The number of methoxy groups -OCH3 is 1. The SMILES string of the molecule is COc1c(O)ccc(C)c1CCCC=O. The van der Waals surface area contributed by atoms with Gasteiger partial charge in [0.05, 0.1) is 7.11 Å². The van der Waals surface area contributed by atoms with Crippen molar-refractivity contribution in [3.05, 3.63) is 23.3 Å². The number of carbonyl (C=O) groups excluding carboxylic acids is 1. The maximum atomic E-state index is 10.2. The van der Waals surface area contributed by atoms with Crippen LogP contribution in [0.5, 0.6) is 11.5 Å². The molecule has 0 aliphatic heterocycles. The predicted octanol–water partition coefficient (Wildman–Crippen LogP) is 2.23. The molecule has 0 aliphatic carbocycles. The van der Waals surface area contributed by atoms with E-state index >= 15 is 0 Å². The fourth-order valence-electron chi connectivity index (χ4n) is 1.61. The molecule has 0 bridgehead atoms. The van der Waals surface area contributed by atoms with E-state index < -0.39 is 0 Å². The molecule has 1 aromatic carbocycles. The van der Waals surface area contributed by atoms with Crippen LogP contribution >= 0.6 is 0 Å². The lowest BCUT2D eigenvalue weighted by molar-refractivity contribution is -0.107. The zero-order valence-corrected chi connectivity index (χ0v) is 9.12. The average Bonchev–Trinajstić information content (AvgIpc) is 2.23. The fraction of sp³-hybridized carbons (Fsp3) is 0.417. The summed E-state index contributed by atoms with van der Waals surface area (Å²) in [7, 11) is 1.54. The zero-order chi connectivity index (χ0) is 11.3. The molecule has 3 nitrogen and oxygen atoms in total. The molecule has 3 heteroatoms. The number of carbonyl (C=O) groups is 1. The summed E-state index contributed by atoms with van der Waals surface area (Å²) in [5.74, 6) is 0.685. The van der Waals surface area contributed by atoms with Crippen LogP contribution in [-0.4, -0.2) is 18.5 Å². The summed E-state index contributed by atoms with van der Waals surface area (Å²) in [6.45, 7) is 1.97. The molecule has 0 unspecified atom stereocenters. The van der Waals surface area contributed by atoms with Gasteiger partial charge >= 0.3 is 0 Å². The number of aromatic hydroxyl groups is 1. The first-order chi connectivity index (χ1) is 7.20. The Morgan fingerprint density at radius 2 is 2.20 bits per heavy atom. The van der Waals surface area contributed by atoms with Crippen LogP contribution in [0.2, 0.25) is 0 Å². The quantitative estimate of drug-likeness (QED) is 0.596. The van der Waals surface area contributed by atoms with Crippen LogP contribution in [-0.2, 0) is 11.2 Å². The number of benzene rings is 1. The van der Waals surface area contributed by atoms with Crippen molar-refractivity contribution in [3.63, 3.8) is 0 Å². The Bertz CT molecular complexity index is 345. The molecule has 0 amide bonds. The van der Waals surface area contributed by atoms with Gasteiger partial charge in [-0.05, 0) is 31.4 Å². The van der Waals surface area contributed by atoms with E-state index in [1.807, 2.05) is 13.0 Å². The van der Waals surface area contributed by atoms with E-state index in [1.165, 1.54) is 7.11 Å². The molecule has 15 heavy (non-hydrogen) atoms. The van der Waals surface area contributed by atoms with Crippen LogP contribution < -0.4 is 4.74 Å². The van der Waals surface area contributed by atoms with Crippen molar-refractivity contribution in [1.82, 2.24) is 0 Å². The number of hydrogen-bond donors (Lipinski definition) is 1. The third-order valence-corrected chi connectivity index (χ3v) is 2.43.